The molecule has 2 aliphatic heterocycles. The molecule has 0 spiro atoms. The third-order valence-corrected chi connectivity index (χ3v) is 5.22. The third kappa shape index (κ3) is 2.39. The Labute approximate surface area is 142 Å². The fraction of sp³-hybridized carbons (Fsp3) is 0.474. The molecule has 0 fully saturated rings. The molecule has 5 heteroatoms. The molecule has 1 aromatic heterocycles. The number of carbonyl (C=O) groups is 1. The lowest BCUT2D eigenvalue weighted by atomic mass is 10.0. The first kappa shape index (κ1) is 15.2. The van der Waals surface area contributed by atoms with Crippen LogP contribution >= 0.6 is 0 Å². The maximum absolute atomic E-state index is 11.9. The van der Waals surface area contributed by atoms with Crippen LogP contribution in [0.3, 0.4) is 0 Å². The Hall–Kier alpha value is -2.30. The molecule has 2 aromatic rings. The van der Waals surface area contributed by atoms with E-state index in [2.05, 4.69) is 40.8 Å². The predicted octanol–water partition coefficient (Wildman–Crippen LogP) is 2.89. The van der Waals surface area contributed by atoms with Gasteiger partial charge in [0.1, 0.15) is 0 Å². The molecule has 0 bridgehead atoms. The minimum atomic E-state index is 0.148. The lowest BCUT2D eigenvalue weighted by molar-refractivity contribution is -0.129. The van der Waals surface area contributed by atoms with E-state index in [1.54, 1.807) is 6.92 Å². The zero-order chi connectivity index (χ0) is 16.7. The number of anilines is 2. The van der Waals surface area contributed by atoms with Crippen molar-refractivity contribution in [3.63, 3.8) is 0 Å². The number of aromatic nitrogens is 2. The molecule has 1 aromatic carbocycles. The van der Waals surface area contributed by atoms with Gasteiger partial charge in [-0.3, -0.25) is 9.48 Å². The van der Waals surface area contributed by atoms with E-state index in [0.717, 1.165) is 44.7 Å². The molecule has 0 saturated heterocycles. The standard InChI is InChI=1S/C19H24N4O/c1-3-23-18-10-12-21(14(2)24)13-16(18)19(20-23)22-11-6-8-15-7-4-5-9-17(15)22/h4-5,7,9H,3,6,8,10-13H2,1-2H3. The maximum atomic E-state index is 11.9. The fourth-order valence-electron chi connectivity index (χ4n) is 3.97. The Morgan fingerprint density at radius 2 is 2.04 bits per heavy atom. The molecule has 0 unspecified atom stereocenters. The molecule has 4 rings (SSSR count). The van der Waals surface area contributed by atoms with Crippen molar-refractivity contribution < 1.29 is 4.79 Å². The summed E-state index contributed by atoms with van der Waals surface area (Å²) in [4.78, 5) is 16.1. The van der Waals surface area contributed by atoms with Crippen molar-refractivity contribution in [3.05, 3.63) is 41.1 Å². The first-order chi connectivity index (χ1) is 11.7. The average molecular weight is 324 g/mol. The summed E-state index contributed by atoms with van der Waals surface area (Å²) >= 11 is 0. The molecule has 24 heavy (non-hydrogen) atoms. The van der Waals surface area contributed by atoms with Gasteiger partial charge < -0.3 is 9.80 Å². The summed E-state index contributed by atoms with van der Waals surface area (Å²) in [6.07, 6.45) is 3.16. The number of rotatable bonds is 2. The molecule has 0 N–H and O–H groups in total. The van der Waals surface area contributed by atoms with Gasteiger partial charge >= 0.3 is 0 Å². The van der Waals surface area contributed by atoms with Gasteiger partial charge in [-0.15, -0.1) is 0 Å². The largest absolute Gasteiger partial charge is 0.338 e. The quantitative estimate of drug-likeness (QED) is 0.853. The lowest BCUT2D eigenvalue weighted by Crippen LogP contribution is -2.35. The fourth-order valence-corrected chi connectivity index (χ4v) is 3.97. The molecule has 2 aliphatic rings. The van der Waals surface area contributed by atoms with Crippen LogP contribution in [-0.4, -0.2) is 33.7 Å². The van der Waals surface area contributed by atoms with Crippen molar-refractivity contribution in [2.24, 2.45) is 0 Å². The van der Waals surface area contributed by atoms with Crippen molar-refractivity contribution >= 4 is 17.4 Å². The Kier molecular flexibility index (Phi) is 3.79. The van der Waals surface area contributed by atoms with E-state index in [0.29, 0.717) is 6.54 Å². The molecule has 1 amide bonds. The molecule has 0 atom stereocenters. The van der Waals surface area contributed by atoms with E-state index < -0.39 is 0 Å². The van der Waals surface area contributed by atoms with E-state index in [-0.39, 0.29) is 5.91 Å². The molecule has 126 valence electrons. The number of fused-ring (bicyclic) bond motifs is 2. The van der Waals surface area contributed by atoms with Crippen molar-refractivity contribution in [1.82, 2.24) is 14.7 Å². The highest BCUT2D eigenvalue weighted by Gasteiger charge is 2.30. The van der Waals surface area contributed by atoms with E-state index >= 15 is 0 Å². The van der Waals surface area contributed by atoms with E-state index in [1.807, 2.05) is 4.90 Å². The van der Waals surface area contributed by atoms with Crippen molar-refractivity contribution in [2.45, 2.75) is 46.2 Å². The van der Waals surface area contributed by atoms with Gasteiger partial charge in [-0.2, -0.15) is 5.10 Å². The summed E-state index contributed by atoms with van der Waals surface area (Å²) < 4.78 is 2.12. The van der Waals surface area contributed by atoms with Gasteiger partial charge in [0.2, 0.25) is 5.91 Å². The van der Waals surface area contributed by atoms with Crippen LogP contribution < -0.4 is 4.90 Å². The average Bonchev–Trinajstić information content (AvgIpc) is 2.99. The number of carbonyl (C=O) groups excluding carboxylic acids is 1. The van der Waals surface area contributed by atoms with E-state index in [1.165, 1.54) is 22.5 Å². The Bertz CT molecular complexity index is 780. The van der Waals surface area contributed by atoms with Crippen molar-refractivity contribution in [3.8, 4) is 0 Å². The second-order valence-electron chi connectivity index (χ2n) is 6.64. The monoisotopic (exact) mass is 324 g/mol. The topological polar surface area (TPSA) is 41.4 Å². The van der Waals surface area contributed by atoms with Crippen LogP contribution in [0.4, 0.5) is 11.5 Å². The zero-order valence-electron chi connectivity index (χ0n) is 14.5. The summed E-state index contributed by atoms with van der Waals surface area (Å²) in [5.74, 6) is 1.19. The van der Waals surface area contributed by atoms with Crippen molar-refractivity contribution in [1.29, 1.82) is 0 Å². The van der Waals surface area contributed by atoms with Crippen LogP contribution in [-0.2, 0) is 30.7 Å². The minimum Gasteiger partial charge on any atom is -0.338 e. The third-order valence-electron chi connectivity index (χ3n) is 5.22. The Morgan fingerprint density at radius 1 is 1.21 bits per heavy atom. The summed E-state index contributed by atoms with van der Waals surface area (Å²) in [5.41, 5.74) is 5.19. The van der Waals surface area contributed by atoms with Gasteiger partial charge in [-0.25, -0.2) is 0 Å². The number of hydrogen-bond donors (Lipinski definition) is 0. The minimum absolute atomic E-state index is 0.148. The number of hydrogen-bond acceptors (Lipinski definition) is 3. The van der Waals surface area contributed by atoms with Crippen LogP contribution in [0.2, 0.25) is 0 Å². The number of nitrogens with zero attached hydrogens (tertiary/aromatic N) is 4. The molecule has 0 saturated carbocycles. The zero-order valence-corrected chi connectivity index (χ0v) is 14.5. The molecule has 3 heterocycles. The second-order valence-corrected chi connectivity index (χ2v) is 6.64. The van der Waals surface area contributed by atoms with Crippen LogP contribution in [0, 0.1) is 0 Å². The van der Waals surface area contributed by atoms with Gasteiger partial charge in [0.25, 0.3) is 0 Å². The smallest absolute Gasteiger partial charge is 0.219 e. The van der Waals surface area contributed by atoms with E-state index in [4.69, 9.17) is 5.10 Å². The van der Waals surface area contributed by atoms with Gasteiger partial charge in [0, 0.05) is 49.9 Å². The van der Waals surface area contributed by atoms with E-state index in [9.17, 15) is 4.79 Å². The highest BCUT2D eigenvalue weighted by molar-refractivity contribution is 5.75. The molecule has 5 nitrogen and oxygen atoms in total. The summed E-state index contributed by atoms with van der Waals surface area (Å²) in [5, 5.41) is 4.93. The predicted molar refractivity (Wildman–Crippen MR) is 94.5 cm³/mol. The van der Waals surface area contributed by atoms with Crippen LogP contribution in [0.25, 0.3) is 0 Å². The highest BCUT2D eigenvalue weighted by atomic mass is 16.2. The molecule has 0 radical (unpaired) electrons. The first-order valence-corrected chi connectivity index (χ1v) is 8.88. The van der Waals surface area contributed by atoms with Gasteiger partial charge in [-0.05, 0) is 31.4 Å². The second kappa shape index (κ2) is 5.96. The number of benzene rings is 1. The van der Waals surface area contributed by atoms with Gasteiger partial charge in [0.15, 0.2) is 5.82 Å². The van der Waals surface area contributed by atoms with Crippen LogP contribution in [0.15, 0.2) is 24.3 Å². The first-order valence-electron chi connectivity index (χ1n) is 8.88. The summed E-state index contributed by atoms with van der Waals surface area (Å²) in [6, 6.07) is 8.62. The number of amides is 1. The normalized spacial score (nSPS) is 16.8. The number of aryl methyl sites for hydroxylation is 2. The van der Waals surface area contributed by atoms with Crippen molar-refractivity contribution in [2.75, 3.05) is 18.0 Å². The Balaban J connectivity index is 1.80. The van der Waals surface area contributed by atoms with Gasteiger partial charge in [-0.1, -0.05) is 18.2 Å². The number of para-hydroxylation sites is 1. The SMILES string of the molecule is CCn1nc(N2CCCc3ccccc32)c2c1CCN(C(C)=O)C2. The molecular weight excluding hydrogens is 300 g/mol. The summed E-state index contributed by atoms with van der Waals surface area (Å²) in [6.45, 7) is 7.13. The Morgan fingerprint density at radius 3 is 2.83 bits per heavy atom. The van der Waals surface area contributed by atoms with Gasteiger partial charge in [0.05, 0.1) is 6.54 Å². The summed E-state index contributed by atoms with van der Waals surface area (Å²) in [7, 11) is 0. The van der Waals surface area contributed by atoms with Crippen LogP contribution in [0.1, 0.15) is 37.1 Å². The highest BCUT2D eigenvalue weighted by Crippen LogP contribution is 2.37. The molecular formula is C19H24N4O. The molecule has 0 aliphatic carbocycles. The lowest BCUT2D eigenvalue weighted by Gasteiger charge is -2.32. The maximum Gasteiger partial charge on any atom is 0.219 e. The van der Waals surface area contributed by atoms with Crippen LogP contribution in [0.5, 0.6) is 0 Å².